The average molecular weight is 728 g/mol. The van der Waals surface area contributed by atoms with Gasteiger partial charge >= 0.3 is 23.4 Å². The van der Waals surface area contributed by atoms with Crippen molar-refractivity contribution in [2.75, 3.05) is 17.4 Å². The monoisotopic (exact) mass is 728 g/mol. The fraction of sp³-hybridized carbons (Fsp3) is 0.250. The Morgan fingerprint density at radius 3 is 2.39 bits per heavy atom. The van der Waals surface area contributed by atoms with Gasteiger partial charge in [-0.05, 0) is 12.1 Å². The molecule has 1 aliphatic rings. The molecule has 0 aliphatic carbocycles. The summed E-state index contributed by atoms with van der Waals surface area (Å²) in [4.78, 5) is 51.6. The van der Waals surface area contributed by atoms with Crippen LogP contribution in [0.5, 0.6) is 0 Å². The van der Waals surface area contributed by atoms with Gasteiger partial charge in [-0.3, -0.25) is 28.5 Å². The summed E-state index contributed by atoms with van der Waals surface area (Å²) in [6.07, 6.45) is -5.56. The number of nitrogens with zero attached hydrogens (tertiary/aromatic N) is 3. The summed E-state index contributed by atoms with van der Waals surface area (Å²) in [5.41, 5.74) is 4.17. The average Bonchev–Trinajstić information content (AvgIpc) is 3.45. The van der Waals surface area contributed by atoms with E-state index in [-0.39, 0.29) is 33.6 Å². The smallest absolute Gasteiger partial charge is 0.387 e. The number of aliphatic hydroxyl groups is 2. The number of ether oxygens (including phenoxy) is 1. The molecule has 10 N–H and O–H groups in total. The zero-order valence-electron chi connectivity index (χ0n) is 22.5. The van der Waals surface area contributed by atoms with Crippen LogP contribution >= 0.6 is 23.4 Å². The molecular formula is C20H23N6O16P3S. The lowest BCUT2D eigenvalue weighted by molar-refractivity contribution is -0.0503. The number of aromatic nitrogens is 4. The topological polar surface area (TPSA) is 345 Å². The number of phosphoric ester groups is 1. The number of hydrogen-bond donors (Lipinski definition) is 9. The fourth-order valence-electron chi connectivity index (χ4n) is 4.48. The molecule has 2 aromatic carbocycles. The number of imidazole rings is 1. The van der Waals surface area contributed by atoms with E-state index in [1.807, 2.05) is 5.09 Å². The van der Waals surface area contributed by atoms with Gasteiger partial charge in [-0.25, -0.2) is 18.7 Å². The normalized spacial score (nSPS) is 24.4. The van der Waals surface area contributed by atoms with E-state index in [1.165, 1.54) is 24.3 Å². The molecule has 3 unspecified atom stereocenters. The number of H-pyrrole nitrogens is 1. The molecule has 1 fully saturated rings. The molecule has 0 spiro atoms. The highest BCUT2D eigenvalue weighted by Crippen LogP contribution is 2.67. The summed E-state index contributed by atoms with van der Waals surface area (Å²) >= 11 is 0. The first-order chi connectivity index (χ1) is 21.3. The minimum atomic E-state index is -5.91. The maximum absolute atomic E-state index is 12.6. The number of nitrogens with two attached hydrogens (primary N) is 1. The minimum absolute atomic E-state index is 0.0503. The third-order valence-electron chi connectivity index (χ3n) is 6.31. The van der Waals surface area contributed by atoms with Crippen LogP contribution in [0.15, 0.2) is 52.4 Å². The van der Waals surface area contributed by atoms with Gasteiger partial charge in [-0.1, -0.05) is 24.3 Å². The SMILES string of the molecule is Nc1nc2c(ncn2[C@@H]2O[C@H](COP(=O)(O)OP(=O)(O)OP(=O)(O)Nc3cccc4c(S(=O)(=O)O)cccc34)[C@@H](O)[C@H]2O)c(=O)[nH]1. The van der Waals surface area contributed by atoms with Crippen molar-refractivity contribution < 1.29 is 69.4 Å². The van der Waals surface area contributed by atoms with Crippen LogP contribution in [0, 0.1) is 0 Å². The fourth-order valence-corrected chi connectivity index (χ4v) is 8.92. The molecule has 2 aromatic heterocycles. The second-order valence-corrected chi connectivity index (χ2v) is 15.6. The summed E-state index contributed by atoms with van der Waals surface area (Å²) in [5, 5.41) is 22.6. The Morgan fingerprint density at radius 1 is 1.02 bits per heavy atom. The van der Waals surface area contributed by atoms with Crippen molar-refractivity contribution in [1.29, 1.82) is 0 Å². The third-order valence-corrected chi connectivity index (χ3v) is 11.6. The first kappa shape index (κ1) is 34.2. The van der Waals surface area contributed by atoms with Gasteiger partial charge in [0, 0.05) is 10.8 Å². The van der Waals surface area contributed by atoms with E-state index in [9.17, 15) is 56.4 Å². The summed E-state index contributed by atoms with van der Waals surface area (Å²) in [5.74, 6) is -0.299. The number of nitrogen functional groups attached to an aromatic ring is 1. The highest BCUT2D eigenvalue weighted by molar-refractivity contribution is 7.86. The molecule has 250 valence electrons. The van der Waals surface area contributed by atoms with Crippen LogP contribution in [-0.2, 0) is 41.7 Å². The van der Waals surface area contributed by atoms with Gasteiger partial charge in [0.25, 0.3) is 15.7 Å². The number of aliphatic hydroxyl groups excluding tert-OH is 2. The molecule has 0 saturated carbocycles. The molecule has 0 bridgehead atoms. The number of aromatic amines is 1. The number of phosphoric acid groups is 2. The van der Waals surface area contributed by atoms with Gasteiger partial charge in [-0.15, -0.1) is 0 Å². The molecule has 0 radical (unpaired) electrons. The van der Waals surface area contributed by atoms with E-state index in [2.05, 4.69) is 28.1 Å². The number of nitrogens with one attached hydrogen (secondary N) is 2. The Labute approximate surface area is 255 Å². The molecular weight excluding hydrogens is 705 g/mol. The van der Waals surface area contributed by atoms with Crippen molar-refractivity contribution in [3.63, 3.8) is 0 Å². The Hall–Kier alpha value is -3.11. The van der Waals surface area contributed by atoms with Crippen LogP contribution in [0.1, 0.15) is 6.23 Å². The second kappa shape index (κ2) is 12.2. The molecule has 1 aliphatic heterocycles. The van der Waals surface area contributed by atoms with E-state index in [1.54, 1.807) is 0 Å². The summed E-state index contributed by atoms with van der Waals surface area (Å²) in [6.45, 7) is -1.06. The van der Waals surface area contributed by atoms with Crippen LogP contribution in [0.25, 0.3) is 21.9 Å². The maximum atomic E-state index is 12.6. The van der Waals surface area contributed by atoms with Crippen LogP contribution < -0.4 is 16.4 Å². The molecule has 46 heavy (non-hydrogen) atoms. The Bertz CT molecular complexity index is 2140. The van der Waals surface area contributed by atoms with Gasteiger partial charge < -0.3 is 35.4 Å². The van der Waals surface area contributed by atoms with Crippen molar-refractivity contribution >= 4 is 67.1 Å². The Morgan fingerprint density at radius 2 is 1.70 bits per heavy atom. The Kier molecular flexibility index (Phi) is 9.05. The van der Waals surface area contributed by atoms with Crippen molar-refractivity contribution in [2.24, 2.45) is 0 Å². The quantitative estimate of drug-likeness (QED) is 0.0734. The van der Waals surface area contributed by atoms with E-state index in [4.69, 9.17) is 10.5 Å². The van der Waals surface area contributed by atoms with Crippen LogP contribution in [0.4, 0.5) is 11.6 Å². The standard InChI is InChI=1S/C20H23N6O16P3S/c21-20-23-17-14(18(29)24-20)22-8-26(17)19-16(28)15(27)12(40-19)7-39-44(32,33)42-45(34,35)41-43(30,31)25-11-5-1-4-10-9(11)3-2-6-13(10)46(36,37)38/h1-6,8,12,15-16,19,27-28H,7H2,(H,32,33)(H,34,35)(H2,25,30,31)(H,36,37,38)(H3,21,23,24,29)/t12-,15-,16-,19-/m1/s1. The van der Waals surface area contributed by atoms with Gasteiger partial charge in [0.15, 0.2) is 17.4 Å². The number of hydrogen-bond acceptors (Lipinski definition) is 15. The number of anilines is 2. The molecule has 1 saturated heterocycles. The molecule has 0 amide bonds. The van der Waals surface area contributed by atoms with Crippen molar-refractivity contribution in [1.82, 2.24) is 19.5 Å². The number of fused-ring (bicyclic) bond motifs is 2. The van der Waals surface area contributed by atoms with Crippen molar-refractivity contribution in [2.45, 2.75) is 29.4 Å². The van der Waals surface area contributed by atoms with Crippen molar-refractivity contribution in [3.8, 4) is 0 Å². The van der Waals surface area contributed by atoms with Crippen LogP contribution in [0.3, 0.4) is 0 Å². The molecule has 5 rings (SSSR count). The zero-order chi connectivity index (χ0) is 33.8. The first-order valence-electron chi connectivity index (χ1n) is 12.3. The number of rotatable bonds is 11. The molecule has 4 aromatic rings. The van der Waals surface area contributed by atoms with E-state index in [0.29, 0.717) is 0 Å². The van der Waals surface area contributed by atoms with E-state index in [0.717, 1.165) is 23.0 Å². The third kappa shape index (κ3) is 7.23. The minimum Gasteiger partial charge on any atom is -0.387 e. The highest BCUT2D eigenvalue weighted by atomic mass is 32.2. The van der Waals surface area contributed by atoms with Crippen molar-refractivity contribution in [3.05, 3.63) is 53.1 Å². The second-order valence-electron chi connectivity index (χ2n) is 9.48. The molecule has 7 atom stereocenters. The predicted molar refractivity (Wildman–Crippen MR) is 153 cm³/mol. The molecule has 3 heterocycles. The molecule has 22 nitrogen and oxygen atoms in total. The van der Waals surface area contributed by atoms with Gasteiger partial charge in [-0.2, -0.15) is 22.0 Å². The number of benzene rings is 2. The lowest BCUT2D eigenvalue weighted by Crippen LogP contribution is -2.33. The predicted octanol–water partition coefficient (Wildman–Crippen LogP) is 0.184. The first-order valence-corrected chi connectivity index (χ1v) is 18.3. The lowest BCUT2D eigenvalue weighted by Gasteiger charge is -2.21. The largest absolute Gasteiger partial charge is 0.489 e. The summed E-state index contributed by atoms with van der Waals surface area (Å²) in [6, 6.07) is 7.14. The van der Waals surface area contributed by atoms with Crippen LogP contribution in [-0.4, -0.2) is 82.3 Å². The zero-order valence-corrected chi connectivity index (χ0v) is 26.0. The highest BCUT2D eigenvalue weighted by Gasteiger charge is 2.47. The Balaban J connectivity index is 1.25. The van der Waals surface area contributed by atoms with Gasteiger partial charge in [0.2, 0.25) is 5.95 Å². The summed E-state index contributed by atoms with van der Waals surface area (Å²) < 4.78 is 89.6. The van der Waals surface area contributed by atoms with Crippen LogP contribution in [0.2, 0.25) is 0 Å². The maximum Gasteiger partial charge on any atom is 0.489 e. The summed E-state index contributed by atoms with van der Waals surface area (Å²) in [7, 11) is -21.7. The van der Waals surface area contributed by atoms with Gasteiger partial charge in [0.05, 0.1) is 18.6 Å². The molecule has 26 heteroatoms. The van der Waals surface area contributed by atoms with E-state index >= 15 is 0 Å². The van der Waals surface area contributed by atoms with Gasteiger partial charge in [0.1, 0.15) is 23.2 Å². The lowest BCUT2D eigenvalue weighted by atomic mass is 10.1. The van der Waals surface area contributed by atoms with E-state index < -0.39 is 75.1 Å².